The maximum atomic E-state index is 13.1. The molecule has 0 radical (unpaired) electrons. The van der Waals surface area contributed by atoms with E-state index in [0.717, 1.165) is 29.7 Å². The molecule has 0 unspecified atom stereocenters. The molecule has 1 fully saturated rings. The molecule has 0 saturated carbocycles. The molecule has 2 aromatic heterocycles. The van der Waals surface area contributed by atoms with Crippen molar-refractivity contribution >= 4 is 29.4 Å². The van der Waals surface area contributed by atoms with E-state index in [1.807, 2.05) is 54.4 Å². The number of likely N-dealkylation sites (tertiary alicyclic amines) is 1. The number of aromatic nitrogens is 2. The number of halogens is 1. The first-order chi connectivity index (χ1) is 16.3. The Balaban J connectivity index is 1.55. The molecule has 1 aromatic carbocycles. The van der Waals surface area contributed by atoms with Crippen LogP contribution in [0.4, 0.5) is 5.95 Å². The smallest absolute Gasteiger partial charge is 0.289 e. The molecule has 1 saturated heterocycles. The molecule has 4 rings (SSSR count). The molecule has 1 aliphatic rings. The predicted molar refractivity (Wildman–Crippen MR) is 131 cm³/mol. The number of carbonyl (C=O) groups excluding carboxylic acids is 2. The summed E-state index contributed by atoms with van der Waals surface area (Å²) >= 11 is 6.09. The van der Waals surface area contributed by atoms with Crippen molar-refractivity contribution in [3.8, 4) is 11.1 Å². The molecule has 0 spiro atoms. The summed E-state index contributed by atoms with van der Waals surface area (Å²) in [5.74, 6) is 0.484. The van der Waals surface area contributed by atoms with Gasteiger partial charge in [-0.15, -0.1) is 0 Å². The fraction of sp³-hybridized carbons (Fsp3) is 0.360. The summed E-state index contributed by atoms with van der Waals surface area (Å²) in [4.78, 5) is 40.0. The summed E-state index contributed by atoms with van der Waals surface area (Å²) in [5, 5.41) is 0.666. The third kappa shape index (κ3) is 5.22. The SMILES string of the molecule is CN(CC(=O)N1CCC[C@H](c2nc(N(C)C)ncc2-c2ccc(Cl)cc2)C1)C(=O)c1ccco1. The Morgan fingerprint density at radius 2 is 1.94 bits per heavy atom. The number of rotatable bonds is 6. The van der Waals surface area contributed by atoms with E-state index in [2.05, 4.69) is 4.98 Å². The Morgan fingerprint density at radius 3 is 2.62 bits per heavy atom. The van der Waals surface area contributed by atoms with Crippen molar-refractivity contribution in [2.24, 2.45) is 0 Å². The molecule has 8 nitrogen and oxygen atoms in total. The highest BCUT2D eigenvalue weighted by Gasteiger charge is 2.29. The lowest BCUT2D eigenvalue weighted by Gasteiger charge is -2.34. The van der Waals surface area contributed by atoms with Crippen molar-refractivity contribution in [2.75, 3.05) is 45.7 Å². The number of benzene rings is 1. The van der Waals surface area contributed by atoms with Gasteiger partial charge in [0.2, 0.25) is 11.9 Å². The van der Waals surface area contributed by atoms with Gasteiger partial charge in [0, 0.05) is 56.9 Å². The van der Waals surface area contributed by atoms with E-state index in [1.165, 1.54) is 11.2 Å². The summed E-state index contributed by atoms with van der Waals surface area (Å²) < 4.78 is 5.17. The van der Waals surface area contributed by atoms with Crippen LogP contribution in [-0.4, -0.2) is 72.4 Å². The van der Waals surface area contributed by atoms with Gasteiger partial charge in [-0.25, -0.2) is 9.97 Å². The monoisotopic (exact) mass is 481 g/mol. The van der Waals surface area contributed by atoms with Crippen LogP contribution in [0.3, 0.4) is 0 Å². The standard InChI is InChI=1S/C25H28ClN5O3/c1-29(2)25-27-14-20(17-8-10-19(26)11-9-17)23(28-25)18-6-4-12-31(15-18)22(32)16-30(3)24(33)21-7-5-13-34-21/h5,7-11,13-14,18H,4,6,12,15-16H2,1-3H3/t18-/m0/s1. The Kier molecular flexibility index (Phi) is 7.17. The fourth-order valence-electron chi connectivity index (χ4n) is 4.15. The van der Waals surface area contributed by atoms with Crippen LogP contribution in [-0.2, 0) is 4.79 Å². The molecule has 0 N–H and O–H groups in total. The third-order valence-electron chi connectivity index (χ3n) is 5.97. The van der Waals surface area contributed by atoms with Gasteiger partial charge in [0.05, 0.1) is 18.5 Å². The van der Waals surface area contributed by atoms with Crippen molar-refractivity contribution in [2.45, 2.75) is 18.8 Å². The lowest BCUT2D eigenvalue weighted by Crippen LogP contribution is -2.45. The molecule has 3 heterocycles. The minimum Gasteiger partial charge on any atom is -0.459 e. The van der Waals surface area contributed by atoms with E-state index in [0.29, 0.717) is 24.1 Å². The number of piperidine rings is 1. The molecule has 1 atom stereocenters. The van der Waals surface area contributed by atoms with Crippen LogP contribution in [0.5, 0.6) is 0 Å². The van der Waals surface area contributed by atoms with Crippen LogP contribution in [0, 0.1) is 0 Å². The number of likely N-dealkylation sites (N-methyl/N-ethyl adjacent to an activating group) is 1. The number of hydrogen-bond donors (Lipinski definition) is 0. The van der Waals surface area contributed by atoms with Gasteiger partial charge < -0.3 is 19.1 Å². The Morgan fingerprint density at radius 1 is 1.18 bits per heavy atom. The van der Waals surface area contributed by atoms with Gasteiger partial charge in [0.25, 0.3) is 5.91 Å². The van der Waals surface area contributed by atoms with Crippen molar-refractivity contribution in [1.29, 1.82) is 0 Å². The lowest BCUT2D eigenvalue weighted by molar-refractivity contribution is -0.132. The van der Waals surface area contributed by atoms with Crippen molar-refractivity contribution in [1.82, 2.24) is 19.8 Å². The van der Waals surface area contributed by atoms with E-state index < -0.39 is 0 Å². The number of furan rings is 1. The second-order valence-electron chi connectivity index (χ2n) is 8.69. The number of anilines is 1. The van der Waals surface area contributed by atoms with Crippen molar-refractivity contribution in [3.63, 3.8) is 0 Å². The van der Waals surface area contributed by atoms with Gasteiger partial charge in [-0.3, -0.25) is 9.59 Å². The Hall–Kier alpha value is -3.39. The normalized spacial score (nSPS) is 15.8. The molecular weight excluding hydrogens is 454 g/mol. The summed E-state index contributed by atoms with van der Waals surface area (Å²) in [6.07, 6.45) is 5.06. The maximum Gasteiger partial charge on any atom is 0.289 e. The molecule has 0 aliphatic carbocycles. The lowest BCUT2D eigenvalue weighted by atomic mass is 9.90. The second kappa shape index (κ2) is 10.3. The van der Waals surface area contributed by atoms with Crippen LogP contribution < -0.4 is 4.90 Å². The molecule has 9 heteroatoms. The minimum atomic E-state index is -0.316. The van der Waals surface area contributed by atoms with E-state index in [9.17, 15) is 9.59 Å². The molecule has 3 aromatic rings. The maximum absolute atomic E-state index is 13.1. The van der Waals surface area contributed by atoms with Gasteiger partial charge in [-0.05, 0) is 42.7 Å². The van der Waals surface area contributed by atoms with Crippen LogP contribution in [0.25, 0.3) is 11.1 Å². The molecular formula is C25H28ClN5O3. The quantitative estimate of drug-likeness (QED) is 0.530. The molecule has 178 valence electrons. The molecule has 34 heavy (non-hydrogen) atoms. The predicted octanol–water partition coefficient (Wildman–Crippen LogP) is 3.93. The highest BCUT2D eigenvalue weighted by molar-refractivity contribution is 6.30. The van der Waals surface area contributed by atoms with Gasteiger partial charge in [0.1, 0.15) is 0 Å². The number of hydrogen-bond acceptors (Lipinski definition) is 6. The average Bonchev–Trinajstić information content (AvgIpc) is 3.38. The average molecular weight is 482 g/mol. The van der Waals surface area contributed by atoms with E-state index in [1.54, 1.807) is 19.2 Å². The number of nitrogens with zero attached hydrogens (tertiary/aromatic N) is 5. The van der Waals surface area contributed by atoms with Crippen molar-refractivity contribution in [3.05, 3.63) is 65.3 Å². The number of carbonyl (C=O) groups is 2. The summed E-state index contributed by atoms with van der Waals surface area (Å²) in [6, 6.07) is 10.9. The molecule has 0 bridgehead atoms. The van der Waals surface area contributed by atoms with Gasteiger partial charge in [-0.2, -0.15) is 0 Å². The van der Waals surface area contributed by atoms with E-state index in [-0.39, 0.29) is 30.0 Å². The minimum absolute atomic E-state index is 0.0109. The number of amides is 2. The Bertz CT molecular complexity index is 1150. The first kappa shape index (κ1) is 23.8. The largest absolute Gasteiger partial charge is 0.459 e. The Labute approximate surface area is 204 Å². The summed E-state index contributed by atoms with van der Waals surface area (Å²) in [7, 11) is 5.42. The highest BCUT2D eigenvalue weighted by atomic mass is 35.5. The van der Waals surface area contributed by atoms with Crippen LogP contribution in [0.1, 0.15) is 35.0 Å². The summed E-state index contributed by atoms with van der Waals surface area (Å²) in [5.41, 5.74) is 2.84. The van der Waals surface area contributed by atoms with Gasteiger partial charge >= 0.3 is 0 Å². The van der Waals surface area contributed by atoms with Crippen LogP contribution >= 0.6 is 11.6 Å². The first-order valence-electron chi connectivity index (χ1n) is 11.2. The van der Waals surface area contributed by atoms with E-state index in [4.69, 9.17) is 21.0 Å². The van der Waals surface area contributed by atoms with E-state index >= 15 is 0 Å². The van der Waals surface area contributed by atoms with Crippen LogP contribution in [0.15, 0.2) is 53.3 Å². The zero-order valence-corrected chi connectivity index (χ0v) is 20.3. The van der Waals surface area contributed by atoms with Gasteiger partial charge in [0.15, 0.2) is 5.76 Å². The highest BCUT2D eigenvalue weighted by Crippen LogP contribution is 2.34. The summed E-state index contributed by atoms with van der Waals surface area (Å²) in [6.45, 7) is 1.18. The second-order valence-corrected chi connectivity index (χ2v) is 9.12. The first-order valence-corrected chi connectivity index (χ1v) is 11.6. The molecule has 1 aliphatic heterocycles. The third-order valence-corrected chi connectivity index (χ3v) is 6.22. The molecule has 2 amide bonds. The topological polar surface area (TPSA) is 82.8 Å². The zero-order chi connectivity index (χ0) is 24.2. The zero-order valence-electron chi connectivity index (χ0n) is 19.6. The fourth-order valence-corrected chi connectivity index (χ4v) is 4.28. The van der Waals surface area contributed by atoms with Gasteiger partial charge in [-0.1, -0.05) is 23.7 Å². The van der Waals surface area contributed by atoms with Crippen LogP contribution in [0.2, 0.25) is 5.02 Å². The van der Waals surface area contributed by atoms with Crippen molar-refractivity contribution < 1.29 is 14.0 Å².